The highest BCUT2D eigenvalue weighted by Gasteiger charge is 2.55. The second-order valence-electron chi connectivity index (χ2n) is 5.47. The van der Waals surface area contributed by atoms with Gasteiger partial charge in [-0.2, -0.15) is 0 Å². The number of aliphatic hydroxyl groups is 4. The number of alkyl halides is 2. The van der Waals surface area contributed by atoms with Gasteiger partial charge in [0, 0.05) is 12.3 Å². The summed E-state index contributed by atoms with van der Waals surface area (Å²) in [6.07, 6.45) is -6.58. The molecule has 1 aromatic rings. The number of ether oxygens (including phenoxy) is 2. The Kier molecular flexibility index (Phi) is 5.98. The molecule has 0 spiro atoms. The second kappa shape index (κ2) is 7.64. The van der Waals surface area contributed by atoms with Crippen molar-refractivity contribution in [2.24, 2.45) is 5.73 Å². The predicted molar refractivity (Wildman–Crippen MR) is 76.6 cm³/mol. The Morgan fingerprint density at radius 2 is 2.12 bits per heavy atom. The van der Waals surface area contributed by atoms with E-state index in [1.807, 2.05) is 0 Å². The van der Waals surface area contributed by atoms with Crippen LogP contribution in [-0.2, 0) is 9.53 Å². The molecule has 2 heterocycles. The summed E-state index contributed by atoms with van der Waals surface area (Å²) in [5.74, 6) is -3.96. The van der Waals surface area contributed by atoms with E-state index >= 15 is 0 Å². The minimum absolute atomic E-state index is 0.106. The minimum atomic E-state index is -2.83. The molecule has 1 fully saturated rings. The van der Waals surface area contributed by atoms with Gasteiger partial charge in [-0.25, -0.2) is 8.78 Å². The Balaban J connectivity index is 2.09. The maximum atomic E-state index is 12.6. The summed E-state index contributed by atoms with van der Waals surface area (Å²) < 4.78 is 35.1. The van der Waals surface area contributed by atoms with Gasteiger partial charge in [-0.1, -0.05) is 0 Å². The van der Waals surface area contributed by atoms with Gasteiger partial charge in [-0.05, 0) is 6.07 Å². The lowest BCUT2D eigenvalue weighted by atomic mass is 9.88. The Morgan fingerprint density at radius 3 is 2.72 bits per heavy atom. The Morgan fingerprint density at radius 1 is 1.44 bits per heavy atom. The first kappa shape index (κ1) is 19.6. The molecule has 2 rings (SSSR count). The molecule has 1 unspecified atom stereocenters. The number of carbonyl (C=O) groups excluding carboxylic acids is 1. The van der Waals surface area contributed by atoms with Gasteiger partial charge in [0.25, 0.3) is 6.43 Å². The number of hydrogen-bond acceptors (Lipinski definition) is 9. The molecule has 5 atom stereocenters. The highest BCUT2D eigenvalue weighted by atomic mass is 19.3. The van der Waals surface area contributed by atoms with Crippen LogP contribution < -0.4 is 10.5 Å². The summed E-state index contributed by atoms with van der Waals surface area (Å²) in [6, 6.07) is 0.425. The molecular formula is C14H18F2N2O7. The highest BCUT2D eigenvalue weighted by molar-refractivity contribution is 5.88. The maximum absolute atomic E-state index is 12.6. The summed E-state index contributed by atoms with van der Waals surface area (Å²) in [7, 11) is 0. The molecule has 11 heteroatoms. The molecular weight excluding hydrogens is 346 g/mol. The van der Waals surface area contributed by atoms with Gasteiger partial charge in [-0.15, -0.1) is 0 Å². The lowest BCUT2D eigenvalue weighted by Gasteiger charge is -2.44. The Hall–Kier alpha value is -1.76. The molecule has 0 saturated carbocycles. The number of aliphatic hydroxyl groups excluding tert-OH is 3. The van der Waals surface area contributed by atoms with Crippen molar-refractivity contribution in [2.45, 2.75) is 36.6 Å². The van der Waals surface area contributed by atoms with E-state index in [0.29, 0.717) is 0 Å². The van der Waals surface area contributed by atoms with Crippen molar-refractivity contribution in [1.29, 1.82) is 0 Å². The van der Waals surface area contributed by atoms with Crippen LogP contribution >= 0.6 is 0 Å². The van der Waals surface area contributed by atoms with Crippen molar-refractivity contribution in [2.75, 3.05) is 13.2 Å². The third kappa shape index (κ3) is 3.92. The first-order valence-electron chi connectivity index (χ1n) is 7.23. The fourth-order valence-corrected chi connectivity index (χ4v) is 2.33. The maximum Gasteiger partial charge on any atom is 0.280 e. The molecule has 1 aromatic heterocycles. The van der Waals surface area contributed by atoms with Gasteiger partial charge in [-0.3, -0.25) is 9.78 Å². The molecule has 6 N–H and O–H groups in total. The van der Waals surface area contributed by atoms with Gasteiger partial charge < -0.3 is 35.6 Å². The van der Waals surface area contributed by atoms with Crippen LogP contribution in [0.3, 0.4) is 0 Å². The normalized spacial score (nSPS) is 32.6. The van der Waals surface area contributed by atoms with Crippen molar-refractivity contribution < 1.29 is 43.5 Å². The number of rotatable bonds is 6. The van der Waals surface area contributed by atoms with E-state index in [1.165, 1.54) is 6.07 Å². The molecule has 1 saturated heterocycles. The molecule has 0 amide bonds. The van der Waals surface area contributed by atoms with Gasteiger partial charge >= 0.3 is 0 Å². The van der Waals surface area contributed by atoms with E-state index in [9.17, 15) is 28.9 Å². The molecule has 0 bridgehead atoms. The predicted octanol–water partition coefficient (Wildman–Crippen LogP) is -1.90. The zero-order chi connectivity index (χ0) is 18.8. The summed E-state index contributed by atoms with van der Waals surface area (Å²) in [4.78, 5) is 15.6. The van der Waals surface area contributed by atoms with E-state index in [-0.39, 0.29) is 5.75 Å². The number of carbonyl (C=O) groups is 1. The summed E-state index contributed by atoms with van der Waals surface area (Å²) in [6.45, 7) is -1.61. The van der Waals surface area contributed by atoms with Crippen LogP contribution in [0.2, 0.25) is 0 Å². The van der Waals surface area contributed by atoms with Crippen LogP contribution in [-0.4, -0.2) is 74.5 Å². The third-order valence-corrected chi connectivity index (χ3v) is 3.81. The van der Waals surface area contributed by atoms with E-state index in [1.54, 1.807) is 0 Å². The van der Waals surface area contributed by atoms with Crippen LogP contribution in [0.5, 0.6) is 5.75 Å². The molecule has 0 radical (unpaired) electrons. The average molecular weight is 364 g/mol. The summed E-state index contributed by atoms with van der Waals surface area (Å²) in [5.41, 5.74) is 4.98. The molecule has 1 aliphatic rings. The standard InChI is InChI=1S/C14H18F2N2O7/c15-13(16)7-3-6(1-2-18-7)24-5-9(20)14(23)12(17)11(22)10(21)8(4-19)25-14/h1-3,8,10-13,19,21-23H,4-5,17H2/t8-,10-,11+,12-,14?/m1/s1. The quantitative estimate of drug-likeness (QED) is 0.389. The first-order chi connectivity index (χ1) is 11.7. The van der Waals surface area contributed by atoms with Crippen LogP contribution in [0.25, 0.3) is 0 Å². The lowest BCUT2D eigenvalue weighted by molar-refractivity contribution is -0.298. The molecule has 140 valence electrons. The fourth-order valence-electron chi connectivity index (χ4n) is 2.33. The second-order valence-corrected chi connectivity index (χ2v) is 5.47. The van der Waals surface area contributed by atoms with Crippen molar-refractivity contribution >= 4 is 5.78 Å². The lowest BCUT2D eigenvalue weighted by Crippen LogP contribution is -2.71. The van der Waals surface area contributed by atoms with E-state index in [4.69, 9.17) is 20.3 Å². The summed E-state index contributed by atoms with van der Waals surface area (Å²) >= 11 is 0. The number of hydrogen-bond donors (Lipinski definition) is 5. The number of Topliss-reactive ketones (excluding diaryl/α,β-unsaturated/α-hetero) is 1. The van der Waals surface area contributed by atoms with Crippen LogP contribution in [0.4, 0.5) is 8.78 Å². The number of nitrogens with two attached hydrogens (primary N) is 1. The topological polar surface area (TPSA) is 155 Å². The van der Waals surface area contributed by atoms with Crippen molar-refractivity contribution in [3.63, 3.8) is 0 Å². The monoisotopic (exact) mass is 364 g/mol. The van der Waals surface area contributed by atoms with Gasteiger partial charge in [0.2, 0.25) is 11.6 Å². The van der Waals surface area contributed by atoms with Gasteiger partial charge in [0.1, 0.15) is 29.8 Å². The first-order valence-corrected chi connectivity index (χ1v) is 7.23. The molecule has 25 heavy (non-hydrogen) atoms. The highest BCUT2D eigenvalue weighted by Crippen LogP contribution is 2.28. The Bertz CT molecular complexity index is 619. The van der Waals surface area contributed by atoms with Crippen molar-refractivity contribution in [3.8, 4) is 5.75 Å². The van der Waals surface area contributed by atoms with E-state index in [2.05, 4.69) is 4.98 Å². The van der Waals surface area contributed by atoms with Crippen LogP contribution in [0.1, 0.15) is 12.1 Å². The largest absolute Gasteiger partial charge is 0.485 e. The van der Waals surface area contributed by atoms with Crippen LogP contribution in [0, 0.1) is 0 Å². The number of ketones is 1. The van der Waals surface area contributed by atoms with E-state index in [0.717, 1.165) is 12.3 Å². The number of pyridine rings is 1. The molecule has 0 aromatic carbocycles. The van der Waals surface area contributed by atoms with Crippen LogP contribution in [0.15, 0.2) is 18.3 Å². The van der Waals surface area contributed by atoms with Crippen molar-refractivity contribution in [3.05, 3.63) is 24.0 Å². The molecule has 9 nitrogen and oxygen atoms in total. The van der Waals surface area contributed by atoms with Crippen molar-refractivity contribution in [1.82, 2.24) is 4.98 Å². The smallest absolute Gasteiger partial charge is 0.280 e. The fraction of sp³-hybridized carbons (Fsp3) is 0.571. The minimum Gasteiger partial charge on any atom is -0.485 e. The Labute approximate surface area is 140 Å². The number of halogens is 2. The molecule has 0 aliphatic carbocycles. The number of aromatic nitrogens is 1. The van der Waals surface area contributed by atoms with E-state index < -0.39 is 61.3 Å². The SMILES string of the molecule is N[C@@H]1[C@@H](O)[C@H](O)[C@@H](CO)OC1(O)C(=O)COc1ccnc(C(F)F)c1. The average Bonchev–Trinajstić information content (AvgIpc) is 2.61. The number of nitrogens with zero attached hydrogens (tertiary/aromatic N) is 1. The van der Waals surface area contributed by atoms with Gasteiger partial charge in [0.05, 0.1) is 12.6 Å². The molecule has 1 aliphatic heterocycles. The van der Waals surface area contributed by atoms with Gasteiger partial charge in [0.15, 0.2) is 6.61 Å². The summed E-state index contributed by atoms with van der Waals surface area (Å²) in [5, 5.41) is 38.9. The third-order valence-electron chi connectivity index (χ3n) is 3.81. The zero-order valence-electron chi connectivity index (χ0n) is 12.8. The zero-order valence-corrected chi connectivity index (χ0v) is 12.8.